The minimum atomic E-state index is -1.97. The van der Waals surface area contributed by atoms with E-state index in [1.165, 1.54) is 9.47 Å². The summed E-state index contributed by atoms with van der Waals surface area (Å²) in [6.45, 7) is 23.4. The molecule has 0 aliphatic carbocycles. The number of benzene rings is 9. The first-order valence-electron chi connectivity index (χ1n) is 40.7. The molecule has 0 bridgehead atoms. The maximum absolute atomic E-state index is 11.3. The van der Waals surface area contributed by atoms with E-state index in [1.54, 1.807) is 104 Å². The van der Waals surface area contributed by atoms with E-state index in [2.05, 4.69) is 0 Å². The molecule has 3 aliphatic heterocycles. The highest BCUT2D eigenvalue weighted by Crippen LogP contribution is 2.55. The van der Waals surface area contributed by atoms with Gasteiger partial charge in [0.15, 0.2) is 0 Å². The molecule has 3 aliphatic rings. The summed E-state index contributed by atoms with van der Waals surface area (Å²) in [4.78, 5) is 3.10. The zero-order valence-electron chi connectivity index (χ0n) is 75.3. The Morgan fingerprint density at radius 3 is 1.57 bits per heavy atom. The van der Waals surface area contributed by atoms with Crippen molar-refractivity contribution in [3.8, 4) is 5.69 Å². The van der Waals surface area contributed by atoms with Crippen molar-refractivity contribution in [3.05, 3.63) is 197 Å². The lowest BCUT2D eigenvalue weighted by molar-refractivity contribution is 0.590. The molecule has 9 aromatic carbocycles. The lowest BCUT2D eigenvalue weighted by atomic mass is 9.33. The van der Waals surface area contributed by atoms with Crippen molar-refractivity contribution in [1.82, 2.24) is 4.57 Å². The molecule has 4 nitrogen and oxygen atoms in total. The van der Waals surface area contributed by atoms with E-state index in [-0.39, 0.29) is 122 Å². The zero-order valence-corrected chi connectivity index (χ0v) is 48.1. The highest BCUT2D eigenvalue weighted by atomic mass is 32.1. The van der Waals surface area contributed by atoms with Crippen molar-refractivity contribution in [2.45, 2.75) is 131 Å². The van der Waals surface area contributed by atoms with Crippen LogP contribution in [0.25, 0.3) is 47.7 Å². The molecular formula is C74H73BN4S. The zero-order chi connectivity index (χ0) is 80.3. The minimum Gasteiger partial charge on any atom is -0.311 e. The average Bonchev–Trinajstić information content (AvgIpc) is 1.15. The normalized spacial score (nSPS) is 19.0. The molecular weight excluding hydrogens is 988 g/mol. The molecule has 0 fully saturated rings. The Morgan fingerprint density at radius 1 is 0.388 bits per heavy atom. The van der Waals surface area contributed by atoms with E-state index in [4.69, 9.17) is 4.11 Å². The van der Waals surface area contributed by atoms with Crippen LogP contribution >= 0.6 is 11.3 Å². The van der Waals surface area contributed by atoms with Crippen LogP contribution < -0.4 is 31.1 Å². The number of hydrogen-bond donors (Lipinski definition) is 0. The van der Waals surface area contributed by atoms with Crippen LogP contribution in [0.2, 0.25) is 0 Å². The van der Waals surface area contributed by atoms with Crippen LogP contribution in [-0.4, -0.2) is 11.3 Å². The van der Waals surface area contributed by atoms with Gasteiger partial charge in [0.2, 0.25) is 0 Å². The number of fused-ring (bicyclic) bond motifs is 12. The molecule has 0 amide bonds. The van der Waals surface area contributed by atoms with Crippen molar-refractivity contribution in [3.63, 3.8) is 0 Å². The number of aromatic nitrogens is 1. The third-order valence-corrected chi connectivity index (χ3v) is 16.1. The second kappa shape index (κ2) is 17.0. The Hall–Kier alpha value is -7.54. The van der Waals surface area contributed by atoms with Crippen LogP contribution in [0.4, 0.5) is 51.2 Å². The average molecular weight is 1090 g/mol. The molecule has 80 heavy (non-hydrogen) atoms. The van der Waals surface area contributed by atoms with Gasteiger partial charge in [0.1, 0.15) is 0 Å². The van der Waals surface area contributed by atoms with Gasteiger partial charge in [0, 0.05) is 70.8 Å². The summed E-state index contributed by atoms with van der Waals surface area (Å²) in [7, 11) is 0. The lowest BCUT2D eigenvalue weighted by Crippen LogP contribution is -2.62. The van der Waals surface area contributed by atoms with Crippen molar-refractivity contribution >= 4 is 128 Å². The van der Waals surface area contributed by atoms with E-state index in [9.17, 15) is 34.3 Å². The second-order valence-electron chi connectivity index (χ2n) is 26.1. The maximum atomic E-state index is 11.3. The number of para-hydroxylation sites is 1. The number of nitrogens with zero attached hydrogens (tertiary/aromatic N) is 4. The van der Waals surface area contributed by atoms with Crippen LogP contribution in [0.3, 0.4) is 0 Å². The molecule has 11 aromatic rings. The van der Waals surface area contributed by atoms with Crippen molar-refractivity contribution in [2.24, 2.45) is 0 Å². The quantitative estimate of drug-likeness (QED) is 0.163. The molecule has 6 heteroatoms. The van der Waals surface area contributed by atoms with Gasteiger partial charge in [-0.3, -0.25) is 0 Å². The van der Waals surface area contributed by atoms with Gasteiger partial charge < -0.3 is 19.3 Å². The van der Waals surface area contributed by atoms with Crippen LogP contribution in [0.5, 0.6) is 0 Å². The minimum absolute atomic E-state index is 0.0208. The number of thiophene rings is 1. The Morgan fingerprint density at radius 2 is 0.938 bits per heavy atom. The summed E-state index contributed by atoms with van der Waals surface area (Å²) in [6, 6.07) is -19.5. The molecule has 0 saturated carbocycles. The number of hydrogen-bond acceptors (Lipinski definition) is 4. The van der Waals surface area contributed by atoms with Gasteiger partial charge in [-0.1, -0.05) is 176 Å². The van der Waals surface area contributed by atoms with Gasteiger partial charge in [0.25, 0.3) is 6.71 Å². The first-order chi connectivity index (χ1) is 49.6. The Balaban J connectivity index is 1.30. The van der Waals surface area contributed by atoms with Crippen LogP contribution in [0, 0.1) is 0 Å². The SMILES string of the molecule is [2H]c1c([2H])c2c3c(c1[2H])-n1c4c([2H])c([2H])c(C(C)(C)C)c([2H])c4c4c([2H])c(C(C)(C)C)c([2H])c(c41)N3c1c([2H])c(C(C)(C)C)c([2H])c3c1B2c1c([2H])c([2H])c(N(c2c([2H])c([2H])c(C(C)(C)C)c([2H])c2[2H])c2c([2H])c([2H])c(C(C)(C)C)c([2H])c2[2H])c([2H])c1N3c1c([2H])c([2H])c2c(sc3c([2H])c([2H])c([2H])c([2H])c32)c1[2H]. The van der Waals surface area contributed by atoms with E-state index in [0.29, 0.717) is 16.2 Å². The Kier molecular flexibility index (Phi) is 6.11. The summed E-state index contributed by atoms with van der Waals surface area (Å²) in [6.07, 6.45) is 0. The third-order valence-electron chi connectivity index (χ3n) is 15.1. The van der Waals surface area contributed by atoms with Crippen LogP contribution in [0.1, 0.15) is 170 Å². The summed E-state index contributed by atoms with van der Waals surface area (Å²) in [5, 5.41) is -0.563. The Labute approximate surface area is 517 Å². The summed E-state index contributed by atoms with van der Waals surface area (Å²) < 4.78 is 283. The van der Waals surface area contributed by atoms with E-state index in [0.717, 1.165) is 4.90 Å². The summed E-state index contributed by atoms with van der Waals surface area (Å²) in [5.41, 5.74) is -13.0. The van der Waals surface area contributed by atoms with Crippen molar-refractivity contribution in [1.29, 1.82) is 0 Å². The number of rotatable bonds is 4. The monoisotopic (exact) mass is 1090 g/mol. The first kappa shape index (κ1) is 28.7. The summed E-state index contributed by atoms with van der Waals surface area (Å²) in [5.74, 6) is 0. The highest BCUT2D eigenvalue weighted by molar-refractivity contribution is 7.25. The van der Waals surface area contributed by atoms with Gasteiger partial charge in [-0.25, -0.2) is 0 Å². The van der Waals surface area contributed by atoms with Gasteiger partial charge in [0.05, 0.1) is 66.5 Å². The second-order valence-corrected chi connectivity index (χ2v) is 27.1. The molecule has 0 unspecified atom stereocenters. The molecule has 0 saturated heterocycles. The van der Waals surface area contributed by atoms with Gasteiger partial charge in [-0.2, -0.15) is 0 Å². The van der Waals surface area contributed by atoms with Crippen molar-refractivity contribution < 1.29 is 38.4 Å². The largest absolute Gasteiger partial charge is 0.311 e. The molecule has 398 valence electrons. The molecule has 14 rings (SSSR count). The van der Waals surface area contributed by atoms with Crippen LogP contribution in [-0.2, 0) is 27.1 Å². The standard InChI is InChI=1S/C74H73BN4S/c1-70(2,3)44-23-28-49(29-24-44)76(50-30-25-45(26-31-50)71(4,5)6)51-33-35-57-61(42-51)77(52-32-34-54-53-19-16-17-22-65(53)80-66(54)43-52)62-39-48(74(13,14)15)40-63-67(62)75(57)58-20-18-21-60-69(58)79(63)64-41-47(73(10,11)12)38-56-55-37-46(72(7,8)9)27-36-59(55)78(60)68(56)64/h16-43H,1-15H3/i16D,17D,18D,19D,20D,21D,22D,23D,24D,25D,26D,27D,28D,29D,30D,31D,32D,33D,34D,35D,36D,37D,38D,39D,40D,41D,42D,43D. The molecule has 0 spiro atoms. The van der Waals surface area contributed by atoms with Crippen molar-refractivity contribution in [2.75, 3.05) is 14.7 Å². The van der Waals surface area contributed by atoms with Crippen LogP contribution in [0.15, 0.2) is 169 Å². The summed E-state index contributed by atoms with van der Waals surface area (Å²) >= 11 is 0.660. The molecule has 0 radical (unpaired) electrons. The van der Waals surface area contributed by atoms with Gasteiger partial charge >= 0.3 is 0 Å². The third kappa shape index (κ3) is 7.68. The van der Waals surface area contributed by atoms with Gasteiger partial charge in [-0.05, 0) is 168 Å². The lowest BCUT2D eigenvalue weighted by Gasteiger charge is -2.47. The predicted octanol–water partition coefficient (Wildman–Crippen LogP) is 19.5. The highest BCUT2D eigenvalue weighted by Gasteiger charge is 2.47. The van der Waals surface area contributed by atoms with E-state index in [1.807, 2.05) is 0 Å². The van der Waals surface area contributed by atoms with E-state index >= 15 is 0 Å². The Bertz CT molecular complexity index is 5960. The van der Waals surface area contributed by atoms with Gasteiger partial charge in [-0.15, -0.1) is 11.3 Å². The van der Waals surface area contributed by atoms with E-state index < -0.39 is 224 Å². The molecule has 5 heterocycles. The molecule has 0 N–H and O–H groups in total. The predicted molar refractivity (Wildman–Crippen MR) is 349 cm³/mol. The number of anilines is 9. The molecule has 0 atom stereocenters. The first-order valence-corrected chi connectivity index (χ1v) is 27.5. The topological polar surface area (TPSA) is 14.7 Å². The smallest absolute Gasteiger partial charge is 0.252 e. The molecule has 2 aromatic heterocycles. The fourth-order valence-electron chi connectivity index (χ4n) is 10.7. The fraction of sp³-hybridized carbons (Fsp3) is 0.270. The fourth-order valence-corrected chi connectivity index (χ4v) is 11.7. The maximum Gasteiger partial charge on any atom is 0.252 e.